The molecule has 0 radical (unpaired) electrons. The van der Waals surface area contributed by atoms with Crippen LogP contribution < -0.4 is 15.8 Å². The van der Waals surface area contributed by atoms with E-state index in [1.807, 2.05) is 13.8 Å². The summed E-state index contributed by atoms with van der Waals surface area (Å²) in [6.07, 6.45) is -0.581. The Bertz CT molecular complexity index is 470. The maximum absolute atomic E-state index is 11.5. The number of carboxylic acid groups (broad SMARTS) is 1. The summed E-state index contributed by atoms with van der Waals surface area (Å²) in [7, 11) is 1.50. The van der Waals surface area contributed by atoms with Gasteiger partial charge < -0.3 is 20.3 Å². The molecule has 0 saturated heterocycles. The van der Waals surface area contributed by atoms with Gasteiger partial charge in [0.15, 0.2) is 6.61 Å². The van der Waals surface area contributed by atoms with Crippen LogP contribution in [0.5, 0.6) is 5.75 Å². The zero-order valence-electron chi connectivity index (χ0n) is 14.7. The Balaban J connectivity index is 0. The second-order valence-electron chi connectivity index (χ2n) is 4.84. The van der Waals surface area contributed by atoms with Crippen LogP contribution in [-0.2, 0) is 9.53 Å². The molecule has 0 atom stereocenters. The largest absolute Gasteiger partial charge is 0.482 e. The zero-order chi connectivity index (χ0) is 18.5. The molecule has 7 nitrogen and oxygen atoms in total. The Hall–Kier alpha value is -2.28. The highest BCUT2D eigenvalue weighted by molar-refractivity contribution is 5.85. The monoisotopic (exact) mass is 328 g/mol. The number of nitrogens with two attached hydrogens (primary N) is 1. The Kier molecular flexibility index (Phi) is 12.3. The quantitative estimate of drug-likeness (QED) is 0.783. The molecule has 0 aromatic heterocycles. The summed E-state index contributed by atoms with van der Waals surface area (Å²) in [5.74, 6) is -0.707. The molecule has 0 bridgehead atoms. The van der Waals surface area contributed by atoms with Gasteiger partial charge in [0.1, 0.15) is 11.4 Å². The normalized spacial score (nSPS) is 9.35. The van der Waals surface area contributed by atoms with Crippen molar-refractivity contribution in [3.05, 3.63) is 24.3 Å². The Morgan fingerprint density at radius 3 is 2.26 bits per heavy atom. The summed E-state index contributed by atoms with van der Waals surface area (Å²) in [4.78, 5) is 21.9. The molecule has 4 N–H and O–H groups in total. The topological polar surface area (TPSA) is 111 Å². The molecular formula is C16H28N2O5. The lowest BCUT2D eigenvalue weighted by Gasteiger charge is -2.19. The van der Waals surface area contributed by atoms with Gasteiger partial charge in [0.25, 0.3) is 0 Å². The first-order valence-electron chi connectivity index (χ1n) is 7.29. The number of hydrogen-bond donors (Lipinski definition) is 3. The van der Waals surface area contributed by atoms with Crippen molar-refractivity contribution < 1.29 is 24.2 Å². The number of anilines is 1. The van der Waals surface area contributed by atoms with Crippen molar-refractivity contribution in [2.75, 3.05) is 19.0 Å². The van der Waals surface area contributed by atoms with Crippen molar-refractivity contribution in [2.45, 2.75) is 40.2 Å². The molecule has 0 aliphatic rings. The summed E-state index contributed by atoms with van der Waals surface area (Å²) < 4.78 is 10.1. The first-order chi connectivity index (χ1) is 10.8. The van der Waals surface area contributed by atoms with E-state index in [1.54, 1.807) is 39.0 Å². The van der Waals surface area contributed by atoms with Crippen molar-refractivity contribution in [1.29, 1.82) is 0 Å². The van der Waals surface area contributed by atoms with Gasteiger partial charge in [0.05, 0.1) is 0 Å². The molecule has 1 aromatic carbocycles. The third-order valence-corrected chi connectivity index (χ3v) is 1.84. The van der Waals surface area contributed by atoms with Crippen molar-refractivity contribution in [1.82, 2.24) is 0 Å². The molecule has 0 unspecified atom stereocenters. The SMILES string of the molecule is CC.CC(C)(C)OC(=O)Nc1cccc(OCC(=O)O)c1.CN. The number of carboxylic acids is 1. The summed E-state index contributed by atoms with van der Waals surface area (Å²) in [5, 5.41) is 11.0. The number of aliphatic carboxylic acids is 1. The maximum Gasteiger partial charge on any atom is 0.412 e. The fourth-order valence-electron chi connectivity index (χ4n) is 1.23. The molecule has 1 amide bonds. The van der Waals surface area contributed by atoms with Gasteiger partial charge in [-0.1, -0.05) is 19.9 Å². The van der Waals surface area contributed by atoms with E-state index in [0.717, 1.165) is 0 Å². The average molecular weight is 328 g/mol. The predicted molar refractivity (Wildman–Crippen MR) is 90.9 cm³/mol. The lowest BCUT2D eigenvalue weighted by Crippen LogP contribution is -2.27. The van der Waals surface area contributed by atoms with E-state index in [0.29, 0.717) is 11.4 Å². The lowest BCUT2D eigenvalue weighted by molar-refractivity contribution is -0.139. The standard InChI is InChI=1S/C13H17NO5.C2H6.CH5N/c1-13(2,3)19-12(17)14-9-5-4-6-10(7-9)18-8-11(15)16;2*1-2/h4-7H,8H2,1-3H3,(H,14,17)(H,15,16);1-2H3;2H2,1H3. The van der Waals surface area contributed by atoms with Crippen LogP contribution in [-0.4, -0.2) is 36.4 Å². The predicted octanol–water partition coefficient (Wildman–Crippen LogP) is 3.10. The number of nitrogens with one attached hydrogen (secondary N) is 1. The molecule has 23 heavy (non-hydrogen) atoms. The van der Waals surface area contributed by atoms with E-state index in [1.165, 1.54) is 13.1 Å². The minimum atomic E-state index is -1.06. The minimum absolute atomic E-state index is 0.357. The van der Waals surface area contributed by atoms with E-state index >= 15 is 0 Å². The van der Waals surface area contributed by atoms with Gasteiger partial charge in [-0.05, 0) is 40.0 Å². The number of amides is 1. The van der Waals surface area contributed by atoms with Crippen LogP contribution in [0, 0.1) is 0 Å². The second kappa shape index (κ2) is 12.3. The van der Waals surface area contributed by atoms with E-state index in [2.05, 4.69) is 11.1 Å². The molecule has 0 saturated carbocycles. The van der Waals surface area contributed by atoms with Crippen molar-refractivity contribution in [3.63, 3.8) is 0 Å². The van der Waals surface area contributed by atoms with Crippen molar-refractivity contribution >= 4 is 17.7 Å². The number of carbonyl (C=O) groups excluding carboxylic acids is 1. The highest BCUT2D eigenvalue weighted by Gasteiger charge is 2.16. The van der Waals surface area contributed by atoms with Crippen LogP contribution in [0.2, 0.25) is 0 Å². The van der Waals surface area contributed by atoms with Crippen molar-refractivity contribution in [3.8, 4) is 5.75 Å². The van der Waals surface area contributed by atoms with Gasteiger partial charge in [0, 0.05) is 11.8 Å². The third kappa shape index (κ3) is 13.1. The number of benzene rings is 1. The number of ether oxygens (including phenoxy) is 2. The molecule has 1 aromatic rings. The van der Waals surface area contributed by atoms with Gasteiger partial charge in [-0.25, -0.2) is 9.59 Å². The first kappa shape index (κ1) is 23.0. The summed E-state index contributed by atoms with van der Waals surface area (Å²) >= 11 is 0. The van der Waals surface area contributed by atoms with E-state index in [9.17, 15) is 9.59 Å². The lowest BCUT2D eigenvalue weighted by atomic mass is 10.2. The van der Waals surface area contributed by atoms with Crippen LogP contribution >= 0.6 is 0 Å². The number of rotatable bonds is 4. The smallest absolute Gasteiger partial charge is 0.412 e. The number of hydrogen-bond acceptors (Lipinski definition) is 5. The Morgan fingerprint density at radius 1 is 1.22 bits per heavy atom. The van der Waals surface area contributed by atoms with Gasteiger partial charge in [0.2, 0.25) is 0 Å². The average Bonchev–Trinajstić information content (AvgIpc) is 2.47. The molecule has 0 aliphatic carbocycles. The first-order valence-corrected chi connectivity index (χ1v) is 7.29. The molecule has 0 spiro atoms. The van der Waals surface area contributed by atoms with Gasteiger partial charge in [-0.15, -0.1) is 0 Å². The second-order valence-corrected chi connectivity index (χ2v) is 4.84. The van der Waals surface area contributed by atoms with Crippen LogP contribution in [0.25, 0.3) is 0 Å². The molecule has 0 fully saturated rings. The molecule has 0 aliphatic heterocycles. The highest BCUT2D eigenvalue weighted by Crippen LogP contribution is 2.18. The molecule has 0 heterocycles. The fraction of sp³-hybridized carbons (Fsp3) is 0.500. The molecule has 7 heteroatoms. The summed E-state index contributed by atoms with van der Waals surface area (Å²) in [5.41, 5.74) is 4.39. The van der Waals surface area contributed by atoms with Crippen LogP contribution in [0.3, 0.4) is 0 Å². The van der Waals surface area contributed by atoms with Crippen molar-refractivity contribution in [2.24, 2.45) is 5.73 Å². The van der Waals surface area contributed by atoms with Crippen LogP contribution in [0.15, 0.2) is 24.3 Å². The fourth-order valence-corrected chi connectivity index (χ4v) is 1.23. The van der Waals surface area contributed by atoms with E-state index in [-0.39, 0.29) is 0 Å². The summed E-state index contributed by atoms with van der Waals surface area (Å²) in [6.45, 7) is 8.85. The minimum Gasteiger partial charge on any atom is -0.482 e. The van der Waals surface area contributed by atoms with Gasteiger partial charge in [-0.2, -0.15) is 0 Å². The van der Waals surface area contributed by atoms with Crippen LogP contribution in [0.4, 0.5) is 10.5 Å². The zero-order valence-corrected chi connectivity index (χ0v) is 14.7. The van der Waals surface area contributed by atoms with Crippen LogP contribution in [0.1, 0.15) is 34.6 Å². The molecular weight excluding hydrogens is 300 g/mol. The highest BCUT2D eigenvalue weighted by atomic mass is 16.6. The maximum atomic E-state index is 11.5. The van der Waals surface area contributed by atoms with Gasteiger partial charge >= 0.3 is 12.1 Å². The third-order valence-electron chi connectivity index (χ3n) is 1.84. The Morgan fingerprint density at radius 2 is 1.78 bits per heavy atom. The Labute approximate surface area is 137 Å². The van der Waals surface area contributed by atoms with E-state index < -0.39 is 24.3 Å². The molecule has 1 rings (SSSR count). The molecule has 132 valence electrons. The van der Waals surface area contributed by atoms with Gasteiger partial charge in [-0.3, -0.25) is 5.32 Å². The number of carbonyl (C=O) groups is 2. The summed E-state index contributed by atoms with van der Waals surface area (Å²) in [6, 6.07) is 6.41. The van der Waals surface area contributed by atoms with E-state index in [4.69, 9.17) is 14.6 Å².